The molecule has 0 aliphatic carbocycles. The number of amides is 2. The zero-order valence-corrected chi connectivity index (χ0v) is 13.9. The molecule has 0 aliphatic heterocycles. The second-order valence-electron chi connectivity index (χ2n) is 3.81. The summed E-state index contributed by atoms with van der Waals surface area (Å²) in [5.41, 5.74) is 0. The first-order chi connectivity index (χ1) is 9.81. The van der Waals surface area contributed by atoms with Crippen molar-refractivity contribution in [2.45, 2.75) is 19.8 Å². The van der Waals surface area contributed by atoms with Crippen LogP contribution in [0.4, 0.5) is 4.79 Å². The molecule has 3 N–H and O–H groups in total. The average Bonchev–Trinajstić information content (AvgIpc) is 2.45. The second kappa shape index (κ2) is 16.5. The Morgan fingerprint density at radius 1 is 1.20 bits per heavy atom. The molecule has 7 heteroatoms. The van der Waals surface area contributed by atoms with E-state index in [1.807, 2.05) is 17.8 Å². The molecule has 5 nitrogen and oxygen atoms in total. The lowest BCUT2D eigenvalue weighted by atomic mass is 10.3. The average molecular weight is 319 g/mol. The molecular formula is C13H25N3O2S2. The summed E-state index contributed by atoms with van der Waals surface area (Å²) in [5, 5.41) is 8.53. The second-order valence-corrected chi connectivity index (χ2v) is 6.34. The van der Waals surface area contributed by atoms with Crippen LogP contribution in [0.25, 0.3) is 0 Å². The van der Waals surface area contributed by atoms with Crippen molar-refractivity contribution in [1.82, 2.24) is 16.0 Å². The zero-order valence-electron chi connectivity index (χ0n) is 12.3. The highest BCUT2D eigenvalue weighted by atomic mass is 33.1. The molecule has 0 radical (unpaired) electrons. The Hall–Kier alpha value is -0.550. The number of nitrogens with one attached hydrogen (secondary N) is 3. The van der Waals surface area contributed by atoms with Crippen molar-refractivity contribution in [3.8, 4) is 11.8 Å². The Balaban J connectivity index is 3.12. The summed E-state index contributed by atoms with van der Waals surface area (Å²) >= 11 is 0. The molecule has 0 rings (SSSR count). The minimum Gasteiger partial charge on any atom is -0.370 e. The van der Waals surface area contributed by atoms with Gasteiger partial charge in [-0.1, -0.05) is 27.5 Å². The van der Waals surface area contributed by atoms with Crippen LogP contribution in [0.15, 0.2) is 0 Å². The van der Waals surface area contributed by atoms with Crippen LogP contribution in [-0.4, -0.2) is 51.0 Å². The van der Waals surface area contributed by atoms with Gasteiger partial charge in [-0.25, -0.2) is 4.79 Å². The number of carbonyl (C=O) groups excluding carboxylic acids is 1. The van der Waals surface area contributed by atoms with Crippen molar-refractivity contribution >= 4 is 27.6 Å². The zero-order chi connectivity index (χ0) is 14.9. The van der Waals surface area contributed by atoms with Crippen molar-refractivity contribution in [1.29, 1.82) is 0 Å². The minimum atomic E-state index is -0.162. The SMILES string of the molecule is CC#CCNC(=O)NCCCCOCSSCCNC. The van der Waals surface area contributed by atoms with E-state index >= 15 is 0 Å². The van der Waals surface area contributed by atoms with Gasteiger partial charge in [0.25, 0.3) is 0 Å². The van der Waals surface area contributed by atoms with E-state index in [0.717, 1.165) is 37.7 Å². The number of hydrogen-bond donors (Lipinski definition) is 3. The molecular weight excluding hydrogens is 294 g/mol. The van der Waals surface area contributed by atoms with Gasteiger partial charge in [-0.2, -0.15) is 0 Å². The Morgan fingerprint density at radius 2 is 2.05 bits per heavy atom. The van der Waals surface area contributed by atoms with Gasteiger partial charge in [-0.05, 0) is 26.8 Å². The molecule has 0 atom stereocenters. The van der Waals surface area contributed by atoms with Crippen LogP contribution < -0.4 is 16.0 Å². The largest absolute Gasteiger partial charge is 0.370 e. The fourth-order valence-corrected chi connectivity index (χ4v) is 2.81. The summed E-state index contributed by atoms with van der Waals surface area (Å²) in [6.45, 7) is 4.57. The third-order valence-electron chi connectivity index (χ3n) is 2.17. The van der Waals surface area contributed by atoms with E-state index in [-0.39, 0.29) is 6.03 Å². The van der Waals surface area contributed by atoms with E-state index in [0.29, 0.717) is 13.1 Å². The normalized spacial score (nSPS) is 9.70. The van der Waals surface area contributed by atoms with Gasteiger partial charge < -0.3 is 20.7 Å². The minimum absolute atomic E-state index is 0.162. The van der Waals surface area contributed by atoms with Gasteiger partial charge in [0.2, 0.25) is 0 Å². The van der Waals surface area contributed by atoms with Gasteiger partial charge in [0.15, 0.2) is 0 Å². The topological polar surface area (TPSA) is 62.4 Å². The molecule has 0 aromatic rings. The highest BCUT2D eigenvalue weighted by molar-refractivity contribution is 8.76. The van der Waals surface area contributed by atoms with Crippen LogP contribution in [0.5, 0.6) is 0 Å². The van der Waals surface area contributed by atoms with E-state index in [9.17, 15) is 4.79 Å². The lowest BCUT2D eigenvalue weighted by Crippen LogP contribution is -2.36. The molecule has 0 aliphatic rings. The molecule has 2 amide bonds. The van der Waals surface area contributed by atoms with Crippen molar-refractivity contribution in [3.63, 3.8) is 0 Å². The van der Waals surface area contributed by atoms with Crippen molar-refractivity contribution < 1.29 is 9.53 Å². The van der Waals surface area contributed by atoms with Crippen LogP contribution in [0.1, 0.15) is 19.8 Å². The molecule has 0 aromatic heterocycles. The molecule has 0 spiro atoms. The van der Waals surface area contributed by atoms with Crippen LogP contribution in [0.3, 0.4) is 0 Å². The summed E-state index contributed by atoms with van der Waals surface area (Å²) in [6.07, 6.45) is 1.88. The summed E-state index contributed by atoms with van der Waals surface area (Å²) in [6, 6.07) is -0.162. The van der Waals surface area contributed by atoms with Crippen LogP contribution in [0.2, 0.25) is 0 Å². The molecule has 0 bridgehead atoms. The molecule has 0 heterocycles. The van der Waals surface area contributed by atoms with E-state index in [4.69, 9.17) is 4.74 Å². The van der Waals surface area contributed by atoms with Crippen molar-refractivity contribution in [3.05, 3.63) is 0 Å². The number of hydrogen-bond acceptors (Lipinski definition) is 5. The van der Waals surface area contributed by atoms with Crippen molar-refractivity contribution in [2.75, 3.05) is 45.0 Å². The van der Waals surface area contributed by atoms with Crippen LogP contribution in [0, 0.1) is 11.8 Å². The van der Waals surface area contributed by atoms with E-state index in [1.54, 1.807) is 17.7 Å². The number of urea groups is 1. The summed E-state index contributed by atoms with van der Waals surface area (Å²) in [5.74, 6) is 7.30. The standard InChI is InChI=1S/C13H25N3O2S2/c1-3-4-7-15-13(17)16-8-5-6-10-18-12-20-19-11-9-14-2/h14H,5-12H2,1-2H3,(H2,15,16,17). The molecule has 0 fully saturated rings. The van der Waals surface area contributed by atoms with Crippen LogP contribution in [-0.2, 0) is 4.74 Å². The van der Waals surface area contributed by atoms with Crippen LogP contribution >= 0.6 is 21.6 Å². The van der Waals surface area contributed by atoms with Crippen molar-refractivity contribution in [2.24, 2.45) is 0 Å². The highest BCUT2D eigenvalue weighted by Gasteiger charge is 1.97. The van der Waals surface area contributed by atoms with Gasteiger partial charge in [0.1, 0.15) is 5.94 Å². The fourth-order valence-electron chi connectivity index (χ4n) is 1.14. The Labute approximate surface area is 130 Å². The lowest BCUT2D eigenvalue weighted by molar-refractivity contribution is 0.178. The predicted molar refractivity (Wildman–Crippen MR) is 88.9 cm³/mol. The first kappa shape index (κ1) is 19.4. The first-order valence-corrected chi connectivity index (χ1v) is 9.18. The number of rotatable bonds is 12. The lowest BCUT2D eigenvalue weighted by Gasteiger charge is -2.06. The van der Waals surface area contributed by atoms with E-state index in [2.05, 4.69) is 27.8 Å². The highest BCUT2D eigenvalue weighted by Crippen LogP contribution is 2.20. The molecule has 0 unspecified atom stereocenters. The summed E-state index contributed by atoms with van der Waals surface area (Å²) in [7, 11) is 5.50. The van der Waals surface area contributed by atoms with Gasteiger partial charge >= 0.3 is 6.03 Å². The molecule has 20 heavy (non-hydrogen) atoms. The Morgan fingerprint density at radius 3 is 2.80 bits per heavy atom. The molecule has 0 aromatic carbocycles. The Kier molecular flexibility index (Phi) is 16.1. The van der Waals surface area contributed by atoms with Gasteiger partial charge in [0.05, 0.1) is 6.54 Å². The Bertz CT molecular complexity index is 293. The number of unbranched alkanes of at least 4 members (excludes halogenated alkanes) is 1. The third-order valence-corrected chi connectivity index (χ3v) is 4.25. The summed E-state index contributed by atoms with van der Waals surface area (Å²) < 4.78 is 5.48. The van der Waals surface area contributed by atoms with Gasteiger partial charge in [0, 0.05) is 25.4 Å². The van der Waals surface area contributed by atoms with Gasteiger partial charge in [-0.3, -0.25) is 0 Å². The molecule has 0 saturated carbocycles. The number of ether oxygens (including phenoxy) is 1. The monoisotopic (exact) mass is 319 g/mol. The first-order valence-electron chi connectivity index (χ1n) is 6.69. The molecule has 0 saturated heterocycles. The maximum Gasteiger partial charge on any atom is 0.315 e. The third kappa shape index (κ3) is 15.5. The summed E-state index contributed by atoms with van der Waals surface area (Å²) in [4.78, 5) is 11.2. The quantitative estimate of drug-likeness (QED) is 0.221. The number of carbonyl (C=O) groups is 1. The predicted octanol–water partition coefficient (Wildman–Crippen LogP) is 1.66. The molecule has 116 valence electrons. The maximum absolute atomic E-state index is 11.2. The fraction of sp³-hybridized carbons (Fsp3) is 0.769. The van der Waals surface area contributed by atoms with E-state index in [1.165, 1.54) is 0 Å². The smallest absolute Gasteiger partial charge is 0.315 e. The van der Waals surface area contributed by atoms with E-state index < -0.39 is 0 Å². The van der Waals surface area contributed by atoms with Gasteiger partial charge in [-0.15, -0.1) is 5.92 Å². The maximum atomic E-state index is 11.2.